The van der Waals surface area contributed by atoms with Crippen molar-refractivity contribution in [2.75, 3.05) is 20.1 Å². The van der Waals surface area contributed by atoms with E-state index in [1.807, 2.05) is 35.7 Å². The number of thiazole rings is 1. The molecule has 0 fully saturated rings. The van der Waals surface area contributed by atoms with Crippen LogP contribution >= 0.6 is 11.3 Å². The van der Waals surface area contributed by atoms with E-state index >= 15 is 0 Å². The minimum Gasteiger partial charge on any atom is -0.346 e. The van der Waals surface area contributed by atoms with E-state index in [0.29, 0.717) is 18.1 Å². The van der Waals surface area contributed by atoms with Gasteiger partial charge in [-0.2, -0.15) is 0 Å². The van der Waals surface area contributed by atoms with Crippen LogP contribution in [0.4, 0.5) is 0 Å². The highest BCUT2D eigenvalue weighted by Crippen LogP contribution is 2.22. The zero-order chi connectivity index (χ0) is 15.1. The van der Waals surface area contributed by atoms with Gasteiger partial charge in [-0.25, -0.2) is 4.98 Å². The molecule has 0 unspecified atom stereocenters. The summed E-state index contributed by atoms with van der Waals surface area (Å²) in [5, 5.41) is 5.21. The van der Waals surface area contributed by atoms with E-state index in [-0.39, 0.29) is 5.91 Å². The molecule has 0 radical (unpaired) electrons. The summed E-state index contributed by atoms with van der Waals surface area (Å²) in [6, 6.07) is 12.2. The zero-order valence-electron chi connectivity index (χ0n) is 11.9. The number of hydrogen-bond donors (Lipinski definition) is 1. The summed E-state index contributed by atoms with van der Waals surface area (Å²) in [5.74, 6) is -0.0529. The smallest absolute Gasteiger partial charge is 0.282 e. The molecule has 1 aromatic carbocycles. The van der Waals surface area contributed by atoms with Gasteiger partial charge in [0.15, 0.2) is 5.01 Å². The molecule has 1 aromatic heterocycles. The molecule has 0 atom stereocenters. The third-order valence-electron chi connectivity index (χ3n) is 3.00. The number of nitrogens with one attached hydrogen (secondary N) is 1. The van der Waals surface area contributed by atoms with E-state index in [1.54, 1.807) is 11.9 Å². The van der Waals surface area contributed by atoms with Crippen molar-refractivity contribution in [3.8, 4) is 23.7 Å². The van der Waals surface area contributed by atoms with Gasteiger partial charge in [-0.05, 0) is 6.42 Å². The number of rotatable bonds is 6. The highest BCUT2D eigenvalue weighted by atomic mass is 32.1. The highest BCUT2D eigenvalue weighted by molar-refractivity contribution is 7.12. The minimum absolute atomic E-state index is 0.0529. The summed E-state index contributed by atoms with van der Waals surface area (Å²) in [7, 11) is 1.78. The van der Waals surface area contributed by atoms with Gasteiger partial charge in [0.05, 0.1) is 5.69 Å². The molecule has 0 spiro atoms. The first-order valence-corrected chi connectivity index (χ1v) is 7.55. The molecule has 1 amide bonds. The minimum atomic E-state index is -0.0529. The first-order chi connectivity index (χ1) is 10.2. The quantitative estimate of drug-likeness (QED) is 0.506. The van der Waals surface area contributed by atoms with Crippen molar-refractivity contribution in [2.45, 2.75) is 6.42 Å². The fourth-order valence-electron chi connectivity index (χ4n) is 1.86. The van der Waals surface area contributed by atoms with Gasteiger partial charge in [0, 0.05) is 37.1 Å². The summed E-state index contributed by atoms with van der Waals surface area (Å²) >= 11 is 1.37. The van der Waals surface area contributed by atoms with Crippen LogP contribution in [0.25, 0.3) is 11.3 Å². The highest BCUT2D eigenvalue weighted by Gasteiger charge is 2.16. The van der Waals surface area contributed by atoms with Crippen LogP contribution in [-0.2, 0) is 0 Å². The van der Waals surface area contributed by atoms with Crippen LogP contribution in [-0.4, -0.2) is 35.9 Å². The van der Waals surface area contributed by atoms with Crippen molar-refractivity contribution >= 4 is 17.2 Å². The van der Waals surface area contributed by atoms with E-state index in [4.69, 9.17) is 6.42 Å². The van der Waals surface area contributed by atoms with Crippen molar-refractivity contribution in [1.29, 1.82) is 0 Å². The van der Waals surface area contributed by atoms with Crippen molar-refractivity contribution < 1.29 is 4.79 Å². The third-order valence-corrected chi connectivity index (χ3v) is 3.83. The van der Waals surface area contributed by atoms with Gasteiger partial charge in [0.25, 0.3) is 5.91 Å². The third kappa shape index (κ3) is 4.07. The molecule has 0 bridgehead atoms. The average Bonchev–Trinajstić information content (AvgIpc) is 3.01. The van der Waals surface area contributed by atoms with E-state index in [1.165, 1.54) is 11.3 Å². The Kier molecular flexibility index (Phi) is 5.35. The number of amides is 1. The summed E-state index contributed by atoms with van der Waals surface area (Å²) in [6.07, 6.45) is 5.91. The Hall–Kier alpha value is -2.32. The topological polar surface area (TPSA) is 45.2 Å². The first-order valence-electron chi connectivity index (χ1n) is 6.67. The van der Waals surface area contributed by atoms with Gasteiger partial charge in [-0.15, -0.1) is 11.3 Å². The molecule has 5 heteroatoms. The number of terminal acetylenes is 1. The predicted octanol–water partition coefficient (Wildman–Crippen LogP) is 2.45. The van der Waals surface area contributed by atoms with E-state index in [9.17, 15) is 4.79 Å². The molecule has 0 aliphatic carbocycles. The number of nitrogens with zero attached hydrogens (tertiary/aromatic N) is 2. The zero-order valence-corrected chi connectivity index (χ0v) is 12.7. The monoisotopic (exact) mass is 299 g/mol. The number of aromatic nitrogens is 1. The van der Waals surface area contributed by atoms with Crippen LogP contribution in [0.2, 0.25) is 0 Å². The Balaban J connectivity index is 1.97. The molecule has 1 heterocycles. The maximum Gasteiger partial charge on any atom is 0.282 e. The van der Waals surface area contributed by atoms with Crippen LogP contribution in [0.5, 0.6) is 0 Å². The van der Waals surface area contributed by atoms with Crippen molar-refractivity contribution in [3.05, 3.63) is 40.7 Å². The van der Waals surface area contributed by atoms with Crippen LogP contribution < -0.4 is 5.32 Å². The Morgan fingerprint density at radius 3 is 2.90 bits per heavy atom. The lowest BCUT2D eigenvalue weighted by atomic mass is 10.2. The molecule has 4 nitrogen and oxygen atoms in total. The number of hydrogen-bond acceptors (Lipinski definition) is 4. The van der Waals surface area contributed by atoms with Crippen molar-refractivity contribution in [1.82, 2.24) is 15.2 Å². The molecule has 0 saturated heterocycles. The number of carbonyl (C=O) groups excluding carboxylic acids is 1. The van der Waals surface area contributed by atoms with Gasteiger partial charge in [0.2, 0.25) is 0 Å². The van der Waals surface area contributed by atoms with Gasteiger partial charge < -0.3 is 10.2 Å². The number of benzene rings is 1. The predicted molar refractivity (Wildman–Crippen MR) is 86.0 cm³/mol. The van der Waals surface area contributed by atoms with Crippen LogP contribution in [0, 0.1) is 12.5 Å². The molecule has 0 aliphatic heterocycles. The maximum atomic E-state index is 12.3. The lowest BCUT2D eigenvalue weighted by Gasteiger charge is -2.15. The summed E-state index contributed by atoms with van der Waals surface area (Å²) in [6.45, 7) is 1.34. The van der Waals surface area contributed by atoms with Crippen molar-refractivity contribution in [2.24, 2.45) is 0 Å². The Labute approximate surface area is 128 Å². The fourth-order valence-corrected chi connectivity index (χ4v) is 2.67. The molecular formula is C16H17N3OS. The largest absolute Gasteiger partial charge is 0.346 e. The maximum absolute atomic E-state index is 12.3. The molecule has 2 aromatic rings. The number of carbonyl (C=O) groups is 1. The standard InChI is InChI=1S/C16H17N3OS/c1-3-17-10-7-11-19(2)16(20)15-18-14(12-21-15)13-8-5-4-6-9-13/h1,4-6,8-9,12,17H,7,10-11H2,2H3. The van der Waals surface area contributed by atoms with Gasteiger partial charge in [-0.1, -0.05) is 36.8 Å². The van der Waals surface area contributed by atoms with E-state index in [0.717, 1.165) is 17.7 Å². The van der Waals surface area contributed by atoms with Crippen LogP contribution in [0.1, 0.15) is 16.2 Å². The summed E-state index contributed by atoms with van der Waals surface area (Å²) < 4.78 is 0. The van der Waals surface area contributed by atoms with E-state index < -0.39 is 0 Å². The molecular weight excluding hydrogens is 282 g/mol. The Morgan fingerprint density at radius 1 is 1.43 bits per heavy atom. The van der Waals surface area contributed by atoms with Crippen LogP contribution in [0.15, 0.2) is 35.7 Å². The normalized spacial score (nSPS) is 9.90. The molecule has 1 N–H and O–H groups in total. The average molecular weight is 299 g/mol. The Morgan fingerprint density at radius 2 is 2.19 bits per heavy atom. The van der Waals surface area contributed by atoms with E-state index in [2.05, 4.69) is 16.3 Å². The first kappa shape index (κ1) is 15.1. The summed E-state index contributed by atoms with van der Waals surface area (Å²) in [5.41, 5.74) is 1.86. The molecule has 0 aliphatic rings. The molecule has 21 heavy (non-hydrogen) atoms. The summed E-state index contributed by atoms with van der Waals surface area (Å²) in [4.78, 5) is 18.4. The lowest BCUT2D eigenvalue weighted by Crippen LogP contribution is -2.29. The SMILES string of the molecule is C#CNCCCN(C)C(=O)c1nc(-c2ccccc2)cs1. The fraction of sp³-hybridized carbons (Fsp3) is 0.250. The molecule has 108 valence electrons. The molecule has 0 saturated carbocycles. The second-order valence-corrected chi connectivity index (χ2v) is 5.41. The second-order valence-electron chi connectivity index (χ2n) is 4.56. The van der Waals surface area contributed by atoms with Gasteiger partial charge in [0.1, 0.15) is 0 Å². The van der Waals surface area contributed by atoms with Gasteiger partial charge in [-0.3, -0.25) is 4.79 Å². The second kappa shape index (κ2) is 7.46. The van der Waals surface area contributed by atoms with Gasteiger partial charge >= 0.3 is 0 Å². The Bertz CT molecular complexity index is 630. The van der Waals surface area contributed by atoms with Crippen molar-refractivity contribution in [3.63, 3.8) is 0 Å². The molecule has 2 rings (SSSR count). The van der Waals surface area contributed by atoms with Crippen LogP contribution in [0.3, 0.4) is 0 Å². The lowest BCUT2D eigenvalue weighted by molar-refractivity contribution is 0.0793.